The van der Waals surface area contributed by atoms with E-state index in [-0.39, 0.29) is 17.2 Å². The molecule has 5 aromatic rings. The number of hydrogen-bond acceptors (Lipinski definition) is 6. The second-order valence-corrected chi connectivity index (χ2v) is 9.18. The standard InChI is InChI=1S/C27H25F3N8O/c1-17-9-10-18(14-31-17)15-32-26(39)24-16-38(37-35-24)11-5-4-6-20-12-19-13-23(33-25(19)36-34-20)21-7-2-3-8-22(21)27(28,29)30/h2-3,7-10,12-14,16H,4-6,11,15H2,1H3,(H,32,39)(H,33,36). The minimum absolute atomic E-state index is 0.0672. The zero-order valence-electron chi connectivity index (χ0n) is 21.0. The van der Waals surface area contributed by atoms with Crippen LogP contribution in [0.4, 0.5) is 13.2 Å². The first-order chi connectivity index (χ1) is 18.8. The smallest absolute Gasteiger partial charge is 0.346 e. The van der Waals surface area contributed by atoms with Crippen LogP contribution in [-0.4, -0.2) is 41.1 Å². The van der Waals surface area contributed by atoms with Gasteiger partial charge in [-0.15, -0.1) is 10.2 Å². The number of benzene rings is 1. The van der Waals surface area contributed by atoms with Crippen molar-refractivity contribution in [1.82, 2.24) is 40.5 Å². The molecule has 1 amide bonds. The Labute approximate surface area is 221 Å². The van der Waals surface area contributed by atoms with Gasteiger partial charge in [0.05, 0.1) is 17.5 Å². The van der Waals surface area contributed by atoms with E-state index in [1.54, 1.807) is 29.2 Å². The van der Waals surface area contributed by atoms with E-state index in [1.165, 1.54) is 12.1 Å². The molecule has 0 aliphatic heterocycles. The van der Waals surface area contributed by atoms with Crippen LogP contribution in [0, 0.1) is 6.92 Å². The zero-order chi connectivity index (χ0) is 27.4. The Bertz CT molecular complexity index is 1590. The Kier molecular flexibility index (Phi) is 7.35. The predicted molar refractivity (Wildman–Crippen MR) is 137 cm³/mol. The van der Waals surface area contributed by atoms with Crippen LogP contribution in [-0.2, 0) is 25.7 Å². The number of nitrogens with one attached hydrogen (secondary N) is 2. The fourth-order valence-corrected chi connectivity index (χ4v) is 4.18. The number of pyridine rings is 1. The van der Waals surface area contributed by atoms with Crippen molar-refractivity contribution in [3.05, 3.63) is 89.1 Å². The molecule has 0 unspecified atom stereocenters. The summed E-state index contributed by atoms with van der Waals surface area (Å²) in [6.45, 7) is 2.82. The van der Waals surface area contributed by atoms with Crippen LogP contribution in [0.3, 0.4) is 0 Å². The number of carbonyl (C=O) groups excluding carboxylic acids is 1. The number of carbonyl (C=O) groups is 1. The summed E-state index contributed by atoms with van der Waals surface area (Å²) >= 11 is 0. The topological polar surface area (TPSA) is 114 Å². The first kappa shape index (κ1) is 26.0. The van der Waals surface area contributed by atoms with E-state index >= 15 is 0 Å². The number of H-pyrrole nitrogens is 1. The van der Waals surface area contributed by atoms with Gasteiger partial charge in [-0.3, -0.25) is 14.5 Å². The van der Waals surface area contributed by atoms with Crippen LogP contribution in [0.1, 0.15) is 45.8 Å². The maximum absolute atomic E-state index is 13.4. The molecule has 4 aromatic heterocycles. The van der Waals surface area contributed by atoms with Gasteiger partial charge in [0, 0.05) is 41.6 Å². The monoisotopic (exact) mass is 534 g/mol. The highest BCUT2D eigenvalue weighted by molar-refractivity contribution is 5.91. The van der Waals surface area contributed by atoms with Gasteiger partial charge < -0.3 is 10.3 Å². The van der Waals surface area contributed by atoms with Crippen molar-refractivity contribution in [2.75, 3.05) is 0 Å². The fraction of sp³-hybridized carbons (Fsp3) is 0.259. The Balaban J connectivity index is 1.14. The Morgan fingerprint density at radius 3 is 2.69 bits per heavy atom. The number of unbranched alkanes of at least 4 members (excludes halogenated alkanes) is 1. The lowest BCUT2D eigenvalue weighted by Crippen LogP contribution is -2.23. The quantitative estimate of drug-likeness (QED) is 0.260. The third-order valence-corrected chi connectivity index (χ3v) is 6.22. The summed E-state index contributed by atoms with van der Waals surface area (Å²) in [6.07, 6.45) is 1.03. The summed E-state index contributed by atoms with van der Waals surface area (Å²) < 4.78 is 41.9. The molecule has 0 spiro atoms. The maximum atomic E-state index is 13.4. The second kappa shape index (κ2) is 11.0. The van der Waals surface area contributed by atoms with Crippen molar-refractivity contribution in [3.63, 3.8) is 0 Å². The Hall–Kier alpha value is -4.61. The van der Waals surface area contributed by atoms with Gasteiger partial charge in [0.15, 0.2) is 11.3 Å². The zero-order valence-corrected chi connectivity index (χ0v) is 21.0. The number of rotatable bonds is 9. The van der Waals surface area contributed by atoms with Crippen LogP contribution >= 0.6 is 0 Å². The Morgan fingerprint density at radius 1 is 1.05 bits per heavy atom. The normalized spacial score (nSPS) is 11.7. The number of alkyl halides is 3. The largest absolute Gasteiger partial charge is 0.417 e. The minimum Gasteiger partial charge on any atom is -0.346 e. The average molecular weight is 535 g/mol. The molecule has 0 aliphatic rings. The lowest BCUT2D eigenvalue weighted by molar-refractivity contribution is -0.137. The minimum atomic E-state index is -4.46. The second-order valence-electron chi connectivity index (χ2n) is 9.18. The number of hydrogen-bond donors (Lipinski definition) is 2. The first-order valence-corrected chi connectivity index (χ1v) is 12.4. The molecule has 0 radical (unpaired) electrons. The van der Waals surface area contributed by atoms with E-state index in [0.29, 0.717) is 36.2 Å². The summed E-state index contributed by atoms with van der Waals surface area (Å²) in [5.74, 6) is -0.311. The van der Waals surface area contributed by atoms with E-state index in [1.807, 2.05) is 25.1 Å². The molecule has 39 heavy (non-hydrogen) atoms. The Morgan fingerprint density at radius 2 is 1.90 bits per heavy atom. The maximum Gasteiger partial charge on any atom is 0.417 e. The number of nitrogens with zero attached hydrogens (tertiary/aromatic N) is 6. The van der Waals surface area contributed by atoms with E-state index in [9.17, 15) is 18.0 Å². The van der Waals surface area contributed by atoms with Crippen molar-refractivity contribution in [2.45, 2.75) is 45.5 Å². The molecule has 4 heterocycles. The molecule has 0 aliphatic carbocycles. The van der Waals surface area contributed by atoms with Crippen molar-refractivity contribution in [1.29, 1.82) is 0 Å². The van der Waals surface area contributed by atoms with Gasteiger partial charge in [-0.1, -0.05) is 29.5 Å². The molecule has 0 fully saturated rings. The molecular weight excluding hydrogens is 509 g/mol. The van der Waals surface area contributed by atoms with Crippen LogP contribution in [0.5, 0.6) is 0 Å². The summed E-state index contributed by atoms with van der Waals surface area (Å²) in [5, 5.41) is 19.8. The molecule has 12 heteroatoms. The molecule has 1 aromatic carbocycles. The number of aromatic amines is 1. The fourth-order valence-electron chi connectivity index (χ4n) is 4.18. The third-order valence-electron chi connectivity index (χ3n) is 6.22. The van der Waals surface area contributed by atoms with Crippen molar-refractivity contribution >= 4 is 16.9 Å². The molecule has 0 saturated carbocycles. The van der Waals surface area contributed by atoms with E-state index in [0.717, 1.165) is 35.9 Å². The molecule has 9 nitrogen and oxygen atoms in total. The first-order valence-electron chi connectivity index (χ1n) is 12.4. The van der Waals surface area contributed by atoms with Gasteiger partial charge in [0.2, 0.25) is 0 Å². The number of aromatic nitrogens is 7. The van der Waals surface area contributed by atoms with Gasteiger partial charge in [0.1, 0.15) is 0 Å². The van der Waals surface area contributed by atoms with Crippen molar-refractivity contribution in [2.24, 2.45) is 0 Å². The summed E-state index contributed by atoms with van der Waals surface area (Å²) in [6, 6.07) is 12.7. The summed E-state index contributed by atoms with van der Waals surface area (Å²) in [5.41, 5.74) is 2.90. The third kappa shape index (κ3) is 6.28. The van der Waals surface area contributed by atoms with Crippen molar-refractivity contribution < 1.29 is 18.0 Å². The highest BCUT2D eigenvalue weighted by Crippen LogP contribution is 2.37. The van der Waals surface area contributed by atoms with Crippen molar-refractivity contribution in [3.8, 4) is 11.3 Å². The van der Waals surface area contributed by atoms with Crippen LogP contribution in [0.25, 0.3) is 22.3 Å². The summed E-state index contributed by atoms with van der Waals surface area (Å²) in [7, 11) is 0. The van der Waals surface area contributed by atoms with Gasteiger partial charge in [-0.25, -0.2) is 0 Å². The van der Waals surface area contributed by atoms with Crippen LogP contribution in [0.15, 0.2) is 60.9 Å². The van der Waals surface area contributed by atoms with Crippen LogP contribution < -0.4 is 5.32 Å². The van der Waals surface area contributed by atoms with Gasteiger partial charge in [-0.05, 0) is 56.0 Å². The lowest BCUT2D eigenvalue weighted by atomic mass is 10.0. The average Bonchev–Trinajstić information content (AvgIpc) is 3.57. The molecular formula is C27H25F3N8O. The van der Waals surface area contributed by atoms with Gasteiger partial charge in [0.25, 0.3) is 5.91 Å². The molecule has 5 rings (SSSR count). The van der Waals surface area contributed by atoms with E-state index < -0.39 is 11.7 Å². The van der Waals surface area contributed by atoms with E-state index in [4.69, 9.17) is 0 Å². The molecule has 0 bridgehead atoms. The van der Waals surface area contributed by atoms with Crippen LogP contribution in [0.2, 0.25) is 0 Å². The lowest BCUT2D eigenvalue weighted by Gasteiger charge is -2.11. The number of amides is 1. The molecule has 0 saturated heterocycles. The molecule has 0 atom stereocenters. The predicted octanol–water partition coefficient (Wildman–Crippen LogP) is 4.89. The highest BCUT2D eigenvalue weighted by atomic mass is 19.4. The molecule has 200 valence electrons. The van der Waals surface area contributed by atoms with E-state index in [2.05, 4.69) is 35.8 Å². The SMILES string of the molecule is Cc1ccc(CNC(=O)c2cn(CCCCc3cc4cc(-c5ccccc5C(F)(F)F)[nH]c4nn3)nn2)cn1. The summed E-state index contributed by atoms with van der Waals surface area (Å²) in [4.78, 5) is 19.5. The molecule has 2 N–H and O–H groups in total. The number of fused-ring (bicyclic) bond motifs is 1. The highest BCUT2D eigenvalue weighted by Gasteiger charge is 2.33. The van der Waals surface area contributed by atoms with Gasteiger partial charge >= 0.3 is 6.18 Å². The number of halogens is 3. The van der Waals surface area contributed by atoms with Gasteiger partial charge in [-0.2, -0.15) is 18.3 Å². The number of aryl methyl sites for hydroxylation is 3.